The van der Waals surface area contributed by atoms with Crippen molar-refractivity contribution in [2.24, 2.45) is 0 Å². The summed E-state index contributed by atoms with van der Waals surface area (Å²) in [6.07, 6.45) is 0. The zero-order chi connectivity index (χ0) is 17.6. The van der Waals surface area contributed by atoms with E-state index in [1.54, 1.807) is 12.1 Å². The molecule has 0 aromatic heterocycles. The summed E-state index contributed by atoms with van der Waals surface area (Å²) < 4.78 is 5.56. The van der Waals surface area contributed by atoms with Crippen molar-refractivity contribution < 1.29 is 9.53 Å². The molecule has 1 amide bonds. The maximum Gasteiger partial charge on any atom is 0.262 e. The van der Waals surface area contributed by atoms with Gasteiger partial charge >= 0.3 is 0 Å². The number of anilines is 1. The van der Waals surface area contributed by atoms with E-state index in [0.29, 0.717) is 16.5 Å². The fourth-order valence-electron chi connectivity index (χ4n) is 2.44. The SMILES string of the molecule is Cc1ccc(Cl)cc1NC(=O)COc1ccc(-c2ccccc2)cc1. The lowest BCUT2D eigenvalue weighted by Crippen LogP contribution is -2.20. The molecule has 0 bridgehead atoms. The van der Waals surface area contributed by atoms with Crippen molar-refractivity contribution in [2.45, 2.75) is 6.92 Å². The molecule has 3 nitrogen and oxygen atoms in total. The van der Waals surface area contributed by atoms with Crippen LogP contribution in [0.2, 0.25) is 5.02 Å². The number of carbonyl (C=O) groups is 1. The zero-order valence-corrected chi connectivity index (χ0v) is 14.6. The zero-order valence-electron chi connectivity index (χ0n) is 13.8. The third kappa shape index (κ3) is 4.61. The Morgan fingerprint density at radius 1 is 0.960 bits per heavy atom. The van der Waals surface area contributed by atoms with Crippen LogP contribution < -0.4 is 10.1 Å². The van der Waals surface area contributed by atoms with Gasteiger partial charge in [0.15, 0.2) is 6.61 Å². The summed E-state index contributed by atoms with van der Waals surface area (Å²) in [5, 5.41) is 3.39. The average Bonchev–Trinajstić information content (AvgIpc) is 2.64. The van der Waals surface area contributed by atoms with Gasteiger partial charge in [-0.25, -0.2) is 0 Å². The van der Waals surface area contributed by atoms with Crippen LogP contribution in [0.4, 0.5) is 5.69 Å². The summed E-state index contributed by atoms with van der Waals surface area (Å²) in [5.74, 6) is 0.426. The van der Waals surface area contributed by atoms with E-state index in [4.69, 9.17) is 16.3 Å². The van der Waals surface area contributed by atoms with Gasteiger partial charge in [-0.1, -0.05) is 60.1 Å². The monoisotopic (exact) mass is 351 g/mol. The molecule has 0 atom stereocenters. The quantitative estimate of drug-likeness (QED) is 0.674. The summed E-state index contributed by atoms with van der Waals surface area (Å²) in [6.45, 7) is 1.85. The molecule has 0 saturated heterocycles. The van der Waals surface area contributed by atoms with Crippen molar-refractivity contribution in [3.8, 4) is 16.9 Å². The fourth-order valence-corrected chi connectivity index (χ4v) is 2.61. The van der Waals surface area contributed by atoms with Gasteiger partial charge in [-0.15, -0.1) is 0 Å². The maximum absolute atomic E-state index is 12.1. The Morgan fingerprint density at radius 3 is 2.36 bits per heavy atom. The standard InChI is InChI=1S/C21H18ClNO2/c1-15-7-10-18(22)13-20(15)23-21(24)14-25-19-11-8-17(9-12-19)16-5-3-2-4-6-16/h2-13H,14H2,1H3,(H,23,24). The molecular weight excluding hydrogens is 334 g/mol. The number of halogens is 1. The van der Waals surface area contributed by atoms with E-state index in [-0.39, 0.29) is 12.5 Å². The number of benzene rings is 3. The molecule has 3 rings (SSSR count). The first-order valence-corrected chi connectivity index (χ1v) is 8.34. The first-order valence-electron chi connectivity index (χ1n) is 7.96. The minimum Gasteiger partial charge on any atom is -0.484 e. The molecule has 0 saturated carbocycles. The molecule has 0 aliphatic rings. The van der Waals surface area contributed by atoms with Crippen LogP contribution in [0.15, 0.2) is 72.8 Å². The fraction of sp³-hybridized carbons (Fsp3) is 0.0952. The Kier molecular flexibility index (Phi) is 5.36. The van der Waals surface area contributed by atoms with Gasteiger partial charge in [0, 0.05) is 10.7 Å². The second kappa shape index (κ2) is 7.86. The smallest absolute Gasteiger partial charge is 0.262 e. The number of amides is 1. The summed E-state index contributed by atoms with van der Waals surface area (Å²) in [6, 6.07) is 23.1. The topological polar surface area (TPSA) is 38.3 Å². The van der Waals surface area contributed by atoms with E-state index in [9.17, 15) is 4.79 Å². The van der Waals surface area contributed by atoms with E-state index in [2.05, 4.69) is 17.4 Å². The minimum atomic E-state index is -0.225. The number of rotatable bonds is 5. The van der Waals surface area contributed by atoms with Crippen LogP contribution in [0, 0.1) is 6.92 Å². The molecule has 0 aliphatic carbocycles. The maximum atomic E-state index is 12.1. The predicted molar refractivity (Wildman–Crippen MR) is 102 cm³/mol. The minimum absolute atomic E-state index is 0.0589. The molecule has 25 heavy (non-hydrogen) atoms. The third-order valence-corrected chi connectivity index (χ3v) is 4.04. The highest BCUT2D eigenvalue weighted by Gasteiger charge is 2.07. The largest absolute Gasteiger partial charge is 0.484 e. The molecule has 0 radical (unpaired) electrons. The number of hydrogen-bond donors (Lipinski definition) is 1. The molecule has 4 heteroatoms. The van der Waals surface area contributed by atoms with Crippen LogP contribution >= 0.6 is 11.6 Å². The molecule has 0 heterocycles. The van der Waals surface area contributed by atoms with Gasteiger partial charge in [0.2, 0.25) is 0 Å². The summed E-state index contributed by atoms with van der Waals surface area (Å²) >= 11 is 5.96. The molecule has 0 spiro atoms. The van der Waals surface area contributed by atoms with E-state index < -0.39 is 0 Å². The second-order valence-corrected chi connectivity index (χ2v) is 6.12. The normalized spacial score (nSPS) is 10.3. The van der Waals surface area contributed by atoms with E-state index >= 15 is 0 Å². The van der Waals surface area contributed by atoms with Crippen molar-refractivity contribution in [3.63, 3.8) is 0 Å². The number of nitrogens with one attached hydrogen (secondary N) is 1. The second-order valence-electron chi connectivity index (χ2n) is 5.69. The van der Waals surface area contributed by atoms with Crippen LogP contribution in [0.3, 0.4) is 0 Å². The van der Waals surface area contributed by atoms with Gasteiger partial charge in [-0.3, -0.25) is 4.79 Å². The number of ether oxygens (including phenoxy) is 1. The summed E-state index contributed by atoms with van der Waals surface area (Å²) in [4.78, 5) is 12.1. The highest BCUT2D eigenvalue weighted by Crippen LogP contribution is 2.22. The van der Waals surface area contributed by atoms with Gasteiger partial charge < -0.3 is 10.1 Å². The van der Waals surface area contributed by atoms with Crippen LogP contribution in [-0.4, -0.2) is 12.5 Å². The lowest BCUT2D eigenvalue weighted by atomic mass is 10.1. The number of hydrogen-bond acceptors (Lipinski definition) is 2. The molecule has 0 unspecified atom stereocenters. The molecule has 0 aliphatic heterocycles. The molecule has 126 valence electrons. The van der Waals surface area contributed by atoms with Crippen molar-refractivity contribution >= 4 is 23.2 Å². The predicted octanol–water partition coefficient (Wildman–Crippen LogP) is 5.33. The molecule has 3 aromatic carbocycles. The van der Waals surface area contributed by atoms with E-state index in [1.807, 2.05) is 55.5 Å². The lowest BCUT2D eigenvalue weighted by molar-refractivity contribution is -0.118. The van der Waals surface area contributed by atoms with Crippen LogP contribution in [0.25, 0.3) is 11.1 Å². The van der Waals surface area contributed by atoms with Crippen LogP contribution in [-0.2, 0) is 4.79 Å². The van der Waals surface area contributed by atoms with Crippen molar-refractivity contribution in [1.29, 1.82) is 0 Å². The Morgan fingerprint density at radius 2 is 1.64 bits per heavy atom. The van der Waals surface area contributed by atoms with Gasteiger partial charge in [0.1, 0.15) is 5.75 Å². The van der Waals surface area contributed by atoms with Crippen LogP contribution in [0.5, 0.6) is 5.75 Å². The Labute approximate surface area is 152 Å². The number of aryl methyl sites for hydroxylation is 1. The average molecular weight is 352 g/mol. The van der Waals surface area contributed by atoms with Gasteiger partial charge in [-0.2, -0.15) is 0 Å². The Hall–Kier alpha value is -2.78. The highest BCUT2D eigenvalue weighted by atomic mass is 35.5. The Bertz CT molecular complexity index is 861. The number of carbonyl (C=O) groups excluding carboxylic acids is 1. The summed E-state index contributed by atoms with van der Waals surface area (Å²) in [5.41, 5.74) is 3.89. The van der Waals surface area contributed by atoms with Crippen molar-refractivity contribution in [3.05, 3.63) is 83.4 Å². The Balaban J connectivity index is 1.58. The van der Waals surface area contributed by atoms with Crippen LogP contribution in [0.1, 0.15) is 5.56 Å². The highest BCUT2D eigenvalue weighted by molar-refractivity contribution is 6.31. The van der Waals surface area contributed by atoms with Crippen molar-refractivity contribution in [1.82, 2.24) is 0 Å². The first-order chi connectivity index (χ1) is 12.1. The first kappa shape index (κ1) is 17.1. The lowest BCUT2D eigenvalue weighted by Gasteiger charge is -2.10. The van der Waals surface area contributed by atoms with Gasteiger partial charge in [0.05, 0.1) is 0 Å². The molecule has 1 N–H and O–H groups in total. The van der Waals surface area contributed by atoms with Gasteiger partial charge in [0.25, 0.3) is 5.91 Å². The molecule has 3 aromatic rings. The summed E-state index contributed by atoms with van der Waals surface area (Å²) in [7, 11) is 0. The third-order valence-electron chi connectivity index (χ3n) is 3.81. The van der Waals surface area contributed by atoms with E-state index in [1.165, 1.54) is 0 Å². The molecule has 0 fully saturated rings. The van der Waals surface area contributed by atoms with E-state index in [0.717, 1.165) is 16.7 Å². The molecular formula is C21H18ClNO2. The van der Waals surface area contributed by atoms with Gasteiger partial charge in [-0.05, 0) is 47.9 Å². The van der Waals surface area contributed by atoms with Crippen molar-refractivity contribution in [2.75, 3.05) is 11.9 Å².